The molecule has 0 fully saturated rings. The summed E-state index contributed by atoms with van der Waals surface area (Å²) in [5.41, 5.74) is 4.64. The van der Waals surface area contributed by atoms with Gasteiger partial charge in [-0.2, -0.15) is 10.3 Å². The third-order valence-corrected chi connectivity index (χ3v) is 3.81. The fourth-order valence-electron chi connectivity index (χ4n) is 2.10. The summed E-state index contributed by atoms with van der Waals surface area (Å²) in [6.07, 6.45) is 5.17. The molecule has 1 aromatic heterocycles. The number of nitriles is 1. The Morgan fingerprint density at radius 2 is 1.65 bits per heavy atom. The summed E-state index contributed by atoms with van der Waals surface area (Å²) < 4.78 is 0. The second-order valence-corrected chi connectivity index (χ2v) is 5.75. The lowest BCUT2D eigenvalue weighted by atomic mass is 10.1. The van der Waals surface area contributed by atoms with Crippen molar-refractivity contribution in [1.29, 1.82) is 5.26 Å². The van der Waals surface area contributed by atoms with Gasteiger partial charge in [-0.1, -0.05) is 17.7 Å². The molecule has 0 saturated carbocycles. The SMILES string of the molecule is Cc1cc(C)c(N=Cc2ccc(C=NC#N)s2)c(C)c1. The van der Waals surface area contributed by atoms with Crippen LogP contribution < -0.4 is 0 Å². The minimum atomic E-state index is 0.949. The van der Waals surface area contributed by atoms with E-state index in [1.165, 1.54) is 16.7 Å². The molecular weight excluding hydrogens is 266 g/mol. The van der Waals surface area contributed by atoms with Gasteiger partial charge in [0.15, 0.2) is 0 Å². The largest absolute Gasteiger partial charge is 0.255 e. The fourth-order valence-corrected chi connectivity index (χ4v) is 2.86. The van der Waals surface area contributed by atoms with Gasteiger partial charge in [-0.15, -0.1) is 11.3 Å². The Morgan fingerprint density at radius 1 is 1.05 bits per heavy atom. The van der Waals surface area contributed by atoms with E-state index in [1.54, 1.807) is 23.7 Å². The average Bonchev–Trinajstić information content (AvgIpc) is 2.83. The van der Waals surface area contributed by atoms with E-state index in [-0.39, 0.29) is 0 Å². The summed E-state index contributed by atoms with van der Waals surface area (Å²) in [5.74, 6) is 0. The Morgan fingerprint density at radius 3 is 2.25 bits per heavy atom. The van der Waals surface area contributed by atoms with Gasteiger partial charge in [0.05, 0.1) is 11.9 Å². The molecule has 0 aliphatic heterocycles. The van der Waals surface area contributed by atoms with Crippen molar-refractivity contribution in [2.75, 3.05) is 0 Å². The predicted molar refractivity (Wildman–Crippen MR) is 85.4 cm³/mol. The monoisotopic (exact) mass is 281 g/mol. The smallest absolute Gasteiger partial charge is 0.205 e. The van der Waals surface area contributed by atoms with Crippen LogP contribution in [0.1, 0.15) is 26.4 Å². The number of aryl methyl sites for hydroxylation is 3. The summed E-state index contributed by atoms with van der Waals surface area (Å²) in [5, 5.41) is 8.40. The normalized spacial score (nSPS) is 11.3. The molecule has 0 N–H and O–H groups in total. The minimum Gasteiger partial charge on any atom is -0.255 e. The maximum atomic E-state index is 8.40. The molecule has 0 spiro atoms. The maximum absolute atomic E-state index is 8.40. The highest BCUT2D eigenvalue weighted by molar-refractivity contribution is 7.15. The quantitative estimate of drug-likeness (QED) is 0.610. The molecule has 20 heavy (non-hydrogen) atoms. The van der Waals surface area contributed by atoms with Gasteiger partial charge in [0.2, 0.25) is 6.19 Å². The van der Waals surface area contributed by atoms with Crippen molar-refractivity contribution in [3.63, 3.8) is 0 Å². The first-order chi connectivity index (χ1) is 9.60. The lowest BCUT2D eigenvalue weighted by Gasteiger charge is -2.05. The van der Waals surface area contributed by atoms with E-state index in [1.807, 2.05) is 18.3 Å². The van der Waals surface area contributed by atoms with Crippen LogP contribution in [-0.2, 0) is 0 Å². The Bertz CT molecular complexity index is 695. The summed E-state index contributed by atoms with van der Waals surface area (Å²) in [6.45, 7) is 6.24. The molecule has 0 atom stereocenters. The molecule has 4 heteroatoms. The highest BCUT2D eigenvalue weighted by Gasteiger charge is 2.02. The third kappa shape index (κ3) is 3.40. The zero-order chi connectivity index (χ0) is 14.5. The van der Waals surface area contributed by atoms with Crippen molar-refractivity contribution in [3.05, 3.63) is 50.7 Å². The highest BCUT2D eigenvalue weighted by Crippen LogP contribution is 2.25. The molecule has 100 valence electrons. The number of benzene rings is 1. The van der Waals surface area contributed by atoms with Crippen LogP contribution in [0.5, 0.6) is 0 Å². The van der Waals surface area contributed by atoms with Crippen LogP contribution in [0.15, 0.2) is 34.3 Å². The zero-order valence-electron chi connectivity index (χ0n) is 11.7. The fraction of sp³-hybridized carbons (Fsp3) is 0.188. The number of hydrogen-bond acceptors (Lipinski definition) is 4. The minimum absolute atomic E-state index is 0.949. The Kier molecular flexibility index (Phi) is 4.44. The van der Waals surface area contributed by atoms with Crippen LogP contribution in [0.2, 0.25) is 0 Å². The van der Waals surface area contributed by atoms with Crippen molar-refractivity contribution in [2.24, 2.45) is 9.98 Å². The van der Waals surface area contributed by atoms with Gasteiger partial charge in [-0.25, -0.2) is 0 Å². The van der Waals surface area contributed by atoms with Crippen molar-refractivity contribution in [2.45, 2.75) is 20.8 Å². The van der Waals surface area contributed by atoms with Crippen LogP contribution in [0.25, 0.3) is 0 Å². The topological polar surface area (TPSA) is 48.5 Å². The molecule has 0 amide bonds. The van der Waals surface area contributed by atoms with E-state index in [4.69, 9.17) is 5.26 Å². The van der Waals surface area contributed by atoms with Crippen molar-refractivity contribution in [3.8, 4) is 6.19 Å². The standard InChI is InChI=1S/C16H15N3S/c1-11-6-12(2)16(13(3)7-11)19-9-15-5-4-14(20-15)8-18-10-17/h4-9H,1-3H3. The highest BCUT2D eigenvalue weighted by atomic mass is 32.1. The molecule has 0 unspecified atom stereocenters. The van der Waals surface area contributed by atoms with E-state index in [0.29, 0.717) is 0 Å². The van der Waals surface area contributed by atoms with Gasteiger partial charge in [0.25, 0.3) is 0 Å². The third-order valence-electron chi connectivity index (χ3n) is 2.85. The Hall–Kier alpha value is -2.25. The summed E-state index contributed by atoms with van der Waals surface area (Å²) in [6, 6.07) is 8.19. The molecule has 2 rings (SSSR count). The molecule has 2 aromatic rings. The molecule has 0 radical (unpaired) electrons. The molecule has 0 bridgehead atoms. The lowest BCUT2D eigenvalue weighted by molar-refractivity contribution is 1.29. The Labute approximate surface area is 123 Å². The second kappa shape index (κ2) is 6.27. The van der Waals surface area contributed by atoms with E-state index in [0.717, 1.165) is 15.4 Å². The van der Waals surface area contributed by atoms with E-state index < -0.39 is 0 Å². The number of rotatable bonds is 3. The lowest BCUT2D eigenvalue weighted by Crippen LogP contribution is -1.84. The average molecular weight is 281 g/mol. The predicted octanol–water partition coefficient (Wildman–Crippen LogP) is 4.32. The molecule has 0 aliphatic rings. The number of nitrogens with zero attached hydrogens (tertiary/aromatic N) is 3. The van der Waals surface area contributed by atoms with Crippen LogP contribution in [0.3, 0.4) is 0 Å². The summed E-state index contributed by atoms with van der Waals surface area (Å²) in [4.78, 5) is 10.1. The van der Waals surface area contributed by atoms with Crippen LogP contribution in [0.4, 0.5) is 5.69 Å². The second-order valence-electron chi connectivity index (χ2n) is 4.60. The number of thiophene rings is 1. The Balaban J connectivity index is 2.24. The first kappa shape index (κ1) is 14.2. The zero-order valence-corrected chi connectivity index (χ0v) is 12.5. The molecular formula is C16H15N3S. The number of aliphatic imine (C=N–C) groups is 2. The van der Waals surface area contributed by atoms with Gasteiger partial charge >= 0.3 is 0 Å². The first-order valence-corrected chi connectivity index (χ1v) is 7.05. The van der Waals surface area contributed by atoms with E-state index >= 15 is 0 Å². The van der Waals surface area contributed by atoms with E-state index in [9.17, 15) is 0 Å². The molecule has 0 saturated heterocycles. The summed E-state index contributed by atoms with van der Waals surface area (Å²) in [7, 11) is 0. The first-order valence-electron chi connectivity index (χ1n) is 6.24. The maximum Gasteiger partial charge on any atom is 0.205 e. The van der Waals surface area contributed by atoms with Crippen molar-refractivity contribution >= 4 is 29.5 Å². The molecule has 1 heterocycles. The van der Waals surface area contributed by atoms with E-state index in [2.05, 4.69) is 42.9 Å². The number of hydrogen-bond donors (Lipinski definition) is 0. The molecule has 0 aliphatic carbocycles. The summed E-state index contributed by atoms with van der Waals surface area (Å²) >= 11 is 1.56. The van der Waals surface area contributed by atoms with Crippen molar-refractivity contribution < 1.29 is 0 Å². The van der Waals surface area contributed by atoms with Crippen LogP contribution in [0, 0.1) is 32.2 Å². The van der Waals surface area contributed by atoms with Crippen LogP contribution >= 0.6 is 11.3 Å². The molecule has 1 aromatic carbocycles. The van der Waals surface area contributed by atoms with Crippen LogP contribution in [-0.4, -0.2) is 12.4 Å². The van der Waals surface area contributed by atoms with Crippen molar-refractivity contribution in [1.82, 2.24) is 0 Å². The van der Waals surface area contributed by atoms with Gasteiger partial charge < -0.3 is 0 Å². The molecule has 3 nitrogen and oxygen atoms in total. The van der Waals surface area contributed by atoms with Gasteiger partial charge in [0.1, 0.15) is 0 Å². The van der Waals surface area contributed by atoms with Gasteiger partial charge in [0, 0.05) is 16.0 Å². The van der Waals surface area contributed by atoms with Gasteiger partial charge in [-0.3, -0.25) is 4.99 Å². The van der Waals surface area contributed by atoms with Gasteiger partial charge in [-0.05, 0) is 44.0 Å².